The van der Waals surface area contributed by atoms with Crippen LogP contribution in [0.3, 0.4) is 0 Å². The van der Waals surface area contributed by atoms with Gasteiger partial charge in [-0.05, 0) is 41.2 Å². The second-order valence-electron chi connectivity index (χ2n) is 4.35. The van der Waals surface area contributed by atoms with Crippen molar-refractivity contribution < 1.29 is 8.78 Å². The third kappa shape index (κ3) is 3.97. The third-order valence-corrected chi connectivity index (χ3v) is 5.43. The highest BCUT2D eigenvalue weighted by Gasteiger charge is 2.18. The maximum atomic E-state index is 14.2. The SMILES string of the molecule is CNC(CSc1ccccc1F)c1ccc(Br)c(Cl)c1F. The Kier molecular flexibility index (Phi) is 6.05. The summed E-state index contributed by atoms with van der Waals surface area (Å²) in [7, 11) is 1.74. The molecule has 2 aromatic carbocycles. The minimum absolute atomic E-state index is 0.0589. The van der Waals surface area contributed by atoms with Crippen molar-refractivity contribution in [3.63, 3.8) is 0 Å². The summed E-state index contributed by atoms with van der Waals surface area (Å²) in [4.78, 5) is 0.543. The van der Waals surface area contributed by atoms with Crippen molar-refractivity contribution in [1.29, 1.82) is 0 Å². The lowest BCUT2D eigenvalue weighted by Crippen LogP contribution is -2.20. The normalized spacial score (nSPS) is 12.4. The Hall–Kier alpha value is -0.620. The van der Waals surface area contributed by atoms with E-state index in [4.69, 9.17) is 11.6 Å². The average Bonchev–Trinajstić information content (AvgIpc) is 2.49. The monoisotopic (exact) mass is 391 g/mol. The molecule has 2 rings (SSSR count). The Balaban J connectivity index is 2.18. The number of hydrogen-bond acceptors (Lipinski definition) is 2. The summed E-state index contributed by atoms with van der Waals surface area (Å²) < 4.78 is 28.3. The second kappa shape index (κ2) is 7.58. The smallest absolute Gasteiger partial charge is 0.147 e. The fourth-order valence-electron chi connectivity index (χ4n) is 1.87. The van der Waals surface area contributed by atoms with Crippen molar-refractivity contribution in [2.75, 3.05) is 12.8 Å². The highest BCUT2D eigenvalue weighted by molar-refractivity contribution is 9.10. The van der Waals surface area contributed by atoms with Crippen LogP contribution in [-0.2, 0) is 0 Å². The Morgan fingerprint density at radius 2 is 1.95 bits per heavy atom. The van der Waals surface area contributed by atoms with Crippen LogP contribution < -0.4 is 5.32 Å². The zero-order chi connectivity index (χ0) is 15.4. The van der Waals surface area contributed by atoms with E-state index in [1.807, 2.05) is 0 Å². The van der Waals surface area contributed by atoms with Crippen LogP contribution in [0.25, 0.3) is 0 Å². The first kappa shape index (κ1) is 16.7. The van der Waals surface area contributed by atoms with Gasteiger partial charge in [-0.3, -0.25) is 0 Å². The molecule has 0 heterocycles. The largest absolute Gasteiger partial charge is 0.312 e. The fraction of sp³-hybridized carbons (Fsp3) is 0.200. The lowest BCUT2D eigenvalue weighted by atomic mass is 10.1. The van der Waals surface area contributed by atoms with Crippen molar-refractivity contribution in [3.05, 3.63) is 63.1 Å². The van der Waals surface area contributed by atoms with E-state index in [0.29, 0.717) is 20.7 Å². The van der Waals surface area contributed by atoms with Crippen LogP contribution in [0.15, 0.2) is 45.8 Å². The molecule has 6 heteroatoms. The van der Waals surface area contributed by atoms with E-state index >= 15 is 0 Å². The molecule has 0 aliphatic heterocycles. The molecular formula is C15H13BrClF2NS. The molecule has 0 aliphatic carbocycles. The molecule has 1 nitrogen and oxygen atoms in total. The Bertz CT molecular complexity index is 639. The van der Waals surface area contributed by atoms with Gasteiger partial charge in [-0.2, -0.15) is 0 Å². The summed E-state index contributed by atoms with van der Waals surface area (Å²) in [6.45, 7) is 0. The highest BCUT2D eigenvalue weighted by atomic mass is 79.9. The molecule has 1 N–H and O–H groups in total. The van der Waals surface area contributed by atoms with Gasteiger partial charge in [-0.25, -0.2) is 8.78 Å². The quantitative estimate of drug-likeness (QED) is 0.537. The van der Waals surface area contributed by atoms with Gasteiger partial charge in [0.15, 0.2) is 0 Å². The minimum atomic E-state index is -0.459. The summed E-state index contributed by atoms with van der Waals surface area (Å²) in [5.41, 5.74) is 0.467. The van der Waals surface area contributed by atoms with Crippen LogP contribution >= 0.6 is 39.3 Å². The molecule has 0 saturated carbocycles. The van der Waals surface area contributed by atoms with Crippen molar-refractivity contribution in [2.24, 2.45) is 0 Å². The second-order valence-corrected chi connectivity index (χ2v) is 6.64. The highest BCUT2D eigenvalue weighted by Crippen LogP contribution is 2.33. The van der Waals surface area contributed by atoms with Crippen LogP contribution in [0, 0.1) is 11.6 Å². The molecule has 2 aromatic rings. The number of halogens is 4. The summed E-state index contributed by atoms with van der Waals surface area (Å²) in [5, 5.41) is 3.10. The van der Waals surface area contributed by atoms with Crippen LogP contribution in [0.5, 0.6) is 0 Å². The topological polar surface area (TPSA) is 12.0 Å². The third-order valence-electron chi connectivity index (χ3n) is 3.03. The Morgan fingerprint density at radius 3 is 2.62 bits per heavy atom. The molecule has 0 fully saturated rings. The first-order valence-corrected chi connectivity index (χ1v) is 8.38. The van der Waals surface area contributed by atoms with Gasteiger partial charge in [-0.15, -0.1) is 11.8 Å². The van der Waals surface area contributed by atoms with Gasteiger partial charge in [0.1, 0.15) is 11.6 Å². The molecule has 21 heavy (non-hydrogen) atoms. The Labute approximate surface area is 140 Å². The summed E-state index contributed by atoms with van der Waals surface area (Å²) in [6, 6.07) is 9.65. The predicted octanol–water partition coefficient (Wildman–Crippen LogP) is 5.43. The standard InChI is InChI=1S/C15H13BrClF2NS/c1-20-12(8-21-13-5-3-2-4-11(13)18)9-6-7-10(16)14(17)15(9)19/h2-7,12,20H,8H2,1H3. The van der Waals surface area contributed by atoms with E-state index in [2.05, 4.69) is 21.2 Å². The minimum Gasteiger partial charge on any atom is -0.312 e. The number of benzene rings is 2. The van der Waals surface area contributed by atoms with E-state index in [-0.39, 0.29) is 16.9 Å². The van der Waals surface area contributed by atoms with Crippen molar-refractivity contribution in [2.45, 2.75) is 10.9 Å². The summed E-state index contributed by atoms with van der Waals surface area (Å²) in [5.74, 6) is -0.238. The number of hydrogen-bond donors (Lipinski definition) is 1. The zero-order valence-corrected chi connectivity index (χ0v) is 14.3. The molecule has 0 aromatic heterocycles. The zero-order valence-electron chi connectivity index (χ0n) is 11.2. The van der Waals surface area contributed by atoms with Crippen molar-refractivity contribution in [1.82, 2.24) is 5.32 Å². The average molecular weight is 393 g/mol. The van der Waals surface area contributed by atoms with Crippen LogP contribution in [0.2, 0.25) is 5.02 Å². The maximum absolute atomic E-state index is 14.2. The molecule has 0 saturated heterocycles. The van der Waals surface area contributed by atoms with E-state index in [1.165, 1.54) is 17.8 Å². The predicted molar refractivity (Wildman–Crippen MR) is 88.0 cm³/mol. The molecule has 1 unspecified atom stereocenters. The molecule has 112 valence electrons. The molecule has 1 atom stereocenters. The van der Waals surface area contributed by atoms with Gasteiger partial charge in [-0.1, -0.05) is 29.8 Å². The molecule has 0 radical (unpaired) electrons. The van der Waals surface area contributed by atoms with Gasteiger partial charge >= 0.3 is 0 Å². The molecule has 0 aliphatic rings. The maximum Gasteiger partial charge on any atom is 0.147 e. The van der Waals surface area contributed by atoms with Crippen LogP contribution in [0.4, 0.5) is 8.78 Å². The number of thioether (sulfide) groups is 1. The van der Waals surface area contributed by atoms with Crippen LogP contribution in [0.1, 0.15) is 11.6 Å². The van der Waals surface area contributed by atoms with Gasteiger partial charge < -0.3 is 5.32 Å². The van der Waals surface area contributed by atoms with Gasteiger partial charge in [0.05, 0.1) is 5.02 Å². The first-order chi connectivity index (χ1) is 10.0. The lowest BCUT2D eigenvalue weighted by Gasteiger charge is -2.18. The van der Waals surface area contributed by atoms with Crippen LogP contribution in [-0.4, -0.2) is 12.8 Å². The number of nitrogens with one attached hydrogen (secondary N) is 1. The molecule has 0 bridgehead atoms. The van der Waals surface area contributed by atoms with E-state index in [9.17, 15) is 8.78 Å². The van der Waals surface area contributed by atoms with Gasteiger partial charge in [0.25, 0.3) is 0 Å². The molecule has 0 spiro atoms. The molecular weight excluding hydrogens is 380 g/mol. The summed E-state index contributed by atoms with van der Waals surface area (Å²) >= 11 is 10.4. The summed E-state index contributed by atoms with van der Waals surface area (Å²) in [6.07, 6.45) is 0. The van der Waals surface area contributed by atoms with E-state index < -0.39 is 5.82 Å². The lowest BCUT2D eigenvalue weighted by molar-refractivity contribution is 0.564. The van der Waals surface area contributed by atoms with E-state index in [0.717, 1.165) is 0 Å². The number of rotatable bonds is 5. The van der Waals surface area contributed by atoms with Gasteiger partial charge in [0.2, 0.25) is 0 Å². The van der Waals surface area contributed by atoms with Crippen molar-refractivity contribution in [3.8, 4) is 0 Å². The van der Waals surface area contributed by atoms with Gasteiger partial charge in [0, 0.05) is 26.7 Å². The first-order valence-electron chi connectivity index (χ1n) is 6.22. The fourth-order valence-corrected chi connectivity index (χ4v) is 3.42. The molecule has 0 amide bonds. The Morgan fingerprint density at radius 1 is 1.24 bits per heavy atom. The van der Waals surface area contributed by atoms with E-state index in [1.54, 1.807) is 37.4 Å². The van der Waals surface area contributed by atoms with Crippen molar-refractivity contribution >= 4 is 39.3 Å².